The van der Waals surface area contributed by atoms with E-state index in [4.69, 9.17) is 4.74 Å². The van der Waals surface area contributed by atoms with Crippen molar-refractivity contribution in [3.8, 4) is 5.75 Å². The third-order valence-electron chi connectivity index (χ3n) is 5.85. The SMILES string of the molecule is COc1ccc(CN2CCCN(C(=O)CN(C)C3=NS(=O)(=O)c4ccccc43)CC2)cc1. The van der Waals surface area contributed by atoms with Crippen LogP contribution in [0.5, 0.6) is 5.75 Å². The number of hydrogen-bond donors (Lipinski definition) is 0. The zero-order valence-electron chi connectivity index (χ0n) is 18.4. The zero-order valence-corrected chi connectivity index (χ0v) is 19.2. The van der Waals surface area contributed by atoms with Gasteiger partial charge < -0.3 is 14.5 Å². The van der Waals surface area contributed by atoms with Gasteiger partial charge in [-0.25, -0.2) is 0 Å². The Labute approximate surface area is 189 Å². The molecule has 0 saturated carbocycles. The van der Waals surface area contributed by atoms with E-state index in [1.54, 1.807) is 43.3 Å². The van der Waals surface area contributed by atoms with Crippen LogP contribution in [0.25, 0.3) is 0 Å². The van der Waals surface area contributed by atoms with E-state index < -0.39 is 10.0 Å². The highest BCUT2D eigenvalue weighted by Crippen LogP contribution is 2.27. The lowest BCUT2D eigenvalue weighted by Crippen LogP contribution is -2.42. The highest BCUT2D eigenvalue weighted by molar-refractivity contribution is 7.90. The average Bonchev–Trinajstić information content (AvgIpc) is 2.92. The topological polar surface area (TPSA) is 82.5 Å². The maximum Gasteiger partial charge on any atom is 0.285 e. The number of carbonyl (C=O) groups excluding carboxylic acids is 1. The molecule has 4 rings (SSSR count). The maximum atomic E-state index is 13.0. The Bertz CT molecular complexity index is 1120. The average molecular weight is 457 g/mol. The first-order chi connectivity index (χ1) is 15.4. The fraction of sp³-hybridized carbons (Fsp3) is 0.391. The molecular formula is C23H28N4O4S. The van der Waals surface area contributed by atoms with Crippen LogP contribution in [0.1, 0.15) is 17.5 Å². The summed E-state index contributed by atoms with van der Waals surface area (Å²) in [5, 5.41) is 0. The Morgan fingerprint density at radius 2 is 1.81 bits per heavy atom. The molecule has 1 saturated heterocycles. The first kappa shape index (κ1) is 22.3. The van der Waals surface area contributed by atoms with Crippen molar-refractivity contribution in [2.75, 3.05) is 46.9 Å². The van der Waals surface area contributed by atoms with Gasteiger partial charge in [-0.2, -0.15) is 8.42 Å². The molecule has 0 bridgehead atoms. The molecule has 2 aliphatic heterocycles. The summed E-state index contributed by atoms with van der Waals surface area (Å²) in [6.45, 7) is 3.96. The molecule has 9 heteroatoms. The normalized spacial score (nSPS) is 17.9. The summed E-state index contributed by atoms with van der Waals surface area (Å²) in [6.07, 6.45) is 0.893. The van der Waals surface area contributed by atoms with E-state index in [9.17, 15) is 13.2 Å². The number of rotatable bonds is 5. The first-order valence-electron chi connectivity index (χ1n) is 10.7. The molecule has 2 heterocycles. The van der Waals surface area contributed by atoms with Gasteiger partial charge in [0.05, 0.1) is 13.7 Å². The van der Waals surface area contributed by atoms with Crippen LogP contribution in [0.3, 0.4) is 0 Å². The molecular weight excluding hydrogens is 428 g/mol. The molecule has 0 aliphatic carbocycles. The molecule has 0 unspecified atom stereocenters. The van der Waals surface area contributed by atoms with Crippen molar-refractivity contribution < 1.29 is 17.9 Å². The molecule has 8 nitrogen and oxygen atoms in total. The maximum absolute atomic E-state index is 13.0. The summed E-state index contributed by atoms with van der Waals surface area (Å²) in [5.74, 6) is 1.14. The number of hydrogen-bond acceptors (Lipinski definition) is 6. The van der Waals surface area contributed by atoms with Crippen LogP contribution in [0.15, 0.2) is 57.8 Å². The number of benzene rings is 2. The van der Waals surface area contributed by atoms with Gasteiger partial charge >= 0.3 is 0 Å². The van der Waals surface area contributed by atoms with Gasteiger partial charge in [0, 0.05) is 45.3 Å². The number of fused-ring (bicyclic) bond motifs is 1. The van der Waals surface area contributed by atoms with Crippen molar-refractivity contribution >= 4 is 21.8 Å². The molecule has 0 radical (unpaired) electrons. The second-order valence-corrected chi connectivity index (χ2v) is 9.67. The van der Waals surface area contributed by atoms with Crippen molar-refractivity contribution in [3.05, 3.63) is 59.7 Å². The van der Waals surface area contributed by atoms with Gasteiger partial charge in [0.2, 0.25) is 5.91 Å². The smallest absolute Gasteiger partial charge is 0.285 e. The summed E-state index contributed by atoms with van der Waals surface area (Å²) in [7, 11) is -0.334. The van der Waals surface area contributed by atoms with Gasteiger partial charge in [-0.3, -0.25) is 9.69 Å². The van der Waals surface area contributed by atoms with Crippen molar-refractivity contribution in [1.82, 2.24) is 14.7 Å². The molecule has 0 aromatic heterocycles. The van der Waals surface area contributed by atoms with Crippen molar-refractivity contribution in [2.24, 2.45) is 4.40 Å². The highest BCUT2D eigenvalue weighted by Gasteiger charge is 2.31. The Morgan fingerprint density at radius 3 is 2.56 bits per heavy atom. The van der Waals surface area contributed by atoms with Gasteiger partial charge in [-0.15, -0.1) is 4.40 Å². The van der Waals surface area contributed by atoms with Gasteiger partial charge in [-0.1, -0.05) is 24.3 Å². The third kappa shape index (κ3) is 4.78. The first-order valence-corrected chi connectivity index (χ1v) is 12.1. The second kappa shape index (κ2) is 9.30. The lowest BCUT2D eigenvalue weighted by Gasteiger charge is -2.25. The molecule has 0 N–H and O–H groups in total. The van der Waals surface area contributed by atoms with Crippen LogP contribution in [-0.2, 0) is 21.4 Å². The van der Waals surface area contributed by atoms with E-state index >= 15 is 0 Å². The predicted octanol–water partition coefficient (Wildman–Crippen LogP) is 1.81. The molecule has 0 atom stereocenters. The predicted molar refractivity (Wildman–Crippen MR) is 122 cm³/mol. The summed E-state index contributed by atoms with van der Waals surface area (Å²) in [5.41, 5.74) is 1.76. The van der Waals surface area contributed by atoms with Crippen molar-refractivity contribution in [2.45, 2.75) is 17.9 Å². The number of likely N-dealkylation sites (N-methyl/N-ethyl adjacent to an activating group) is 1. The molecule has 1 amide bonds. The van der Waals surface area contributed by atoms with Crippen LogP contribution >= 0.6 is 0 Å². The Hall–Kier alpha value is -2.91. The molecule has 2 aromatic rings. The Kier molecular flexibility index (Phi) is 6.48. The van der Waals surface area contributed by atoms with E-state index in [2.05, 4.69) is 21.4 Å². The van der Waals surface area contributed by atoms with E-state index in [0.717, 1.165) is 31.8 Å². The molecule has 170 valence electrons. The second-order valence-electron chi connectivity index (χ2n) is 8.10. The number of ether oxygens (including phenoxy) is 1. The fourth-order valence-corrected chi connectivity index (χ4v) is 5.36. The van der Waals surface area contributed by atoms with Gasteiger partial charge in [0.25, 0.3) is 10.0 Å². The number of carbonyl (C=O) groups is 1. The van der Waals surface area contributed by atoms with Crippen molar-refractivity contribution in [1.29, 1.82) is 0 Å². The standard InChI is InChI=1S/C23H28N4O4S/c1-25(23-20-6-3-4-7-21(20)32(29,30)24-23)17-22(28)27-13-5-12-26(14-15-27)16-18-8-10-19(31-2)11-9-18/h3-4,6-11H,5,12-17H2,1-2H3. The highest BCUT2D eigenvalue weighted by atomic mass is 32.2. The van der Waals surface area contributed by atoms with Gasteiger partial charge in [0.1, 0.15) is 10.6 Å². The summed E-state index contributed by atoms with van der Waals surface area (Å²) < 4.78 is 33.7. The molecule has 32 heavy (non-hydrogen) atoms. The van der Waals surface area contributed by atoms with E-state index in [1.165, 1.54) is 5.56 Å². The molecule has 2 aliphatic rings. The third-order valence-corrected chi connectivity index (χ3v) is 7.18. The number of amides is 1. The lowest BCUT2D eigenvalue weighted by atomic mass is 10.2. The Morgan fingerprint density at radius 1 is 1.06 bits per heavy atom. The van der Waals surface area contributed by atoms with E-state index in [-0.39, 0.29) is 17.3 Å². The minimum absolute atomic E-state index is 0.0247. The largest absolute Gasteiger partial charge is 0.497 e. The summed E-state index contributed by atoms with van der Waals surface area (Å²) in [4.78, 5) is 19.0. The Balaban J connectivity index is 1.35. The van der Waals surface area contributed by atoms with Gasteiger partial charge in [0.15, 0.2) is 5.84 Å². The number of methoxy groups -OCH3 is 1. The van der Waals surface area contributed by atoms with Crippen LogP contribution in [-0.4, -0.2) is 81.7 Å². The van der Waals surface area contributed by atoms with Crippen LogP contribution < -0.4 is 4.74 Å². The monoisotopic (exact) mass is 456 g/mol. The van der Waals surface area contributed by atoms with E-state index in [0.29, 0.717) is 24.5 Å². The summed E-state index contributed by atoms with van der Waals surface area (Å²) >= 11 is 0. The van der Waals surface area contributed by atoms with Crippen molar-refractivity contribution in [3.63, 3.8) is 0 Å². The van der Waals surface area contributed by atoms with Gasteiger partial charge in [-0.05, 0) is 36.2 Å². The van der Waals surface area contributed by atoms with Crippen LogP contribution in [0.2, 0.25) is 0 Å². The molecule has 1 fully saturated rings. The van der Waals surface area contributed by atoms with Crippen LogP contribution in [0, 0.1) is 0 Å². The lowest BCUT2D eigenvalue weighted by molar-refractivity contribution is -0.131. The number of nitrogens with zero attached hydrogens (tertiary/aromatic N) is 4. The van der Waals surface area contributed by atoms with E-state index in [1.807, 2.05) is 17.0 Å². The zero-order chi connectivity index (χ0) is 22.7. The number of amidine groups is 1. The summed E-state index contributed by atoms with van der Waals surface area (Å²) in [6, 6.07) is 14.8. The minimum Gasteiger partial charge on any atom is -0.497 e. The molecule has 2 aromatic carbocycles. The quantitative estimate of drug-likeness (QED) is 0.683. The fourth-order valence-electron chi connectivity index (χ4n) is 4.11. The molecule has 0 spiro atoms. The number of sulfonamides is 1. The minimum atomic E-state index is -3.70. The van der Waals surface area contributed by atoms with Crippen LogP contribution in [0.4, 0.5) is 0 Å².